The number of hydrogen-bond acceptors (Lipinski definition) is 5. The first kappa shape index (κ1) is 19.0. The number of amides is 2. The molecule has 0 bridgehead atoms. The maximum Gasteiger partial charge on any atom is 0.276 e. The van der Waals surface area contributed by atoms with Gasteiger partial charge in [0.2, 0.25) is 0 Å². The molecule has 1 aromatic heterocycles. The van der Waals surface area contributed by atoms with E-state index in [4.69, 9.17) is 4.74 Å². The van der Waals surface area contributed by atoms with Gasteiger partial charge in [0.1, 0.15) is 18.1 Å². The standard InChI is InChI=1S/C19H17FN4O4/c1-12-3-2-4-15-18(12)21-11-24(19(15)27)9-16(25)22-23-17(26)10-28-14-7-5-13(20)6-8-14/h2-8,11H,9-10H2,1H3,(H,22,25)(H,23,26). The van der Waals surface area contributed by atoms with Crippen molar-refractivity contribution < 1.29 is 18.7 Å². The third-order valence-corrected chi connectivity index (χ3v) is 3.89. The molecule has 0 fully saturated rings. The van der Waals surface area contributed by atoms with E-state index in [1.165, 1.54) is 30.6 Å². The molecule has 1 heterocycles. The largest absolute Gasteiger partial charge is 0.484 e. The number of benzene rings is 2. The number of nitrogens with zero attached hydrogens (tertiary/aromatic N) is 2. The van der Waals surface area contributed by atoms with E-state index in [1.54, 1.807) is 12.1 Å². The number of nitrogens with one attached hydrogen (secondary N) is 2. The number of halogens is 1. The summed E-state index contributed by atoms with van der Waals surface area (Å²) in [4.78, 5) is 40.4. The van der Waals surface area contributed by atoms with Crippen LogP contribution in [0.3, 0.4) is 0 Å². The fraction of sp³-hybridized carbons (Fsp3) is 0.158. The number of hydrazine groups is 1. The lowest BCUT2D eigenvalue weighted by molar-refractivity contribution is -0.130. The predicted molar refractivity (Wildman–Crippen MR) is 98.9 cm³/mol. The van der Waals surface area contributed by atoms with Crippen LogP contribution in [0, 0.1) is 12.7 Å². The van der Waals surface area contributed by atoms with Crippen molar-refractivity contribution in [3.05, 3.63) is 70.5 Å². The summed E-state index contributed by atoms with van der Waals surface area (Å²) in [5.41, 5.74) is 5.46. The van der Waals surface area contributed by atoms with Crippen LogP contribution in [0.5, 0.6) is 5.75 Å². The van der Waals surface area contributed by atoms with Crippen LogP contribution in [0.2, 0.25) is 0 Å². The van der Waals surface area contributed by atoms with Gasteiger partial charge in [0, 0.05) is 0 Å². The second kappa shape index (κ2) is 8.30. The van der Waals surface area contributed by atoms with Crippen LogP contribution in [-0.2, 0) is 16.1 Å². The second-order valence-electron chi connectivity index (χ2n) is 5.99. The first-order valence-electron chi connectivity index (χ1n) is 8.35. The van der Waals surface area contributed by atoms with E-state index in [1.807, 2.05) is 13.0 Å². The van der Waals surface area contributed by atoms with Gasteiger partial charge in [0.05, 0.1) is 17.2 Å². The maximum absolute atomic E-state index is 12.8. The van der Waals surface area contributed by atoms with Crippen molar-refractivity contribution in [3.63, 3.8) is 0 Å². The third-order valence-electron chi connectivity index (χ3n) is 3.89. The van der Waals surface area contributed by atoms with E-state index < -0.39 is 17.6 Å². The highest BCUT2D eigenvalue weighted by atomic mass is 19.1. The van der Waals surface area contributed by atoms with Gasteiger partial charge in [-0.05, 0) is 42.8 Å². The van der Waals surface area contributed by atoms with Crippen LogP contribution in [-0.4, -0.2) is 28.0 Å². The number of carbonyl (C=O) groups excluding carboxylic acids is 2. The molecule has 0 radical (unpaired) electrons. The van der Waals surface area contributed by atoms with Crippen LogP contribution in [0.15, 0.2) is 53.6 Å². The Bertz CT molecular complexity index is 1080. The van der Waals surface area contributed by atoms with Crippen molar-refractivity contribution in [1.29, 1.82) is 0 Å². The van der Waals surface area contributed by atoms with Crippen molar-refractivity contribution in [3.8, 4) is 5.75 Å². The van der Waals surface area contributed by atoms with Gasteiger partial charge in [-0.25, -0.2) is 9.37 Å². The van der Waals surface area contributed by atoms with Crippen molar-refractivity contribution in [2.75, 3.05) is 6.61 Å². The number of hydrogen-bond donors (Lipinski definition) is 2. The Balaban J connectivity index is 1.53. The third kappa shape index (κ3) is 4.50. The molecule has 0 aliphatic carbocycles. The van der Waals surface area contributed by atoms with E-state index in [2.05, 4.69) is 15.8 Å². The van der Waals surface area contributed by atoms with Crippen molar-refractivity contribution in [1.82, 2.24) is 20.4 Å². The fourth-order valence-electron chi connectivity index (χ4n) is 2.50. The van der Waals surface area contributed by atoms with Gasteiger partial charge in [-0.3, -0.25) is 29.8 Å². The number of carbonyl (C=O) groups is 2. The van der Waals surface area contributed by atoms with Crippen molar-refractivity contribution in [2.24, 2.45) is 0 Å². The minimum atomic E-state index is -0.614. The van der Waals surface area contributed by atoms with E-state index in [9.17, 15) is 18.8 Å². The van der Waals surface area contributed by atoms with Gasteiger partial charge in [0.25, 0.3) is 17.4 Å². The van der Waals surface area contributed by atoms with Gasteiger partial charge in [0.15, 0.2) is 6.61 Å². The van der Waals surface area contributed by atoms with Gasteiger partial charge in [-0.15, -0.1) is 0 Å². The Labute approximate surface area is 158 Å². The highest BCUT2D eigenvalue weighted by Crippen LogP contribution is 2.11. The number of ether oxygens (including phenoxy) is 1. The number of para-hydroxylation sites is 1. The smallest absolute Gasteiger partial charge is 0.276 e. The lowest BCUT2D eigenvalue weighted by Crippen LogP contribution is -2.45. The molecular weight excluding hydrogens is 367 g/mol. The van der Waals surface area contributed by atoms with Crippen LogP contribution in [0.1, 0.15) is 5.56 Å². The van der Waals surface area contributed by atoms with E-state index in [0.29, 0.717) is 16.7 Å². The molecule has 0 unspecified atom stereocenters. The molecule has 144 valence electrons. The molecule has 8 nitrogen and oxygen atoms in total. The lowest BCUT2D eigenvalue weighted by atomic mass is 10.1. The summed E-state index contributed by atoms with van der Waals surface area (Å²) >= 11 is 0. The van der Waals surface area contributed by atoms with E-state index in [0.717, 1.165) is 10.1 Å². The summed E-state index contributed by atoms with van der Waals surface area (Å²) in [6.45, 7) is 1.16. The summed E-state index contributed by atoms with van der Waals surface area (Å²) in [6, 6.07) is 10.4. The Kier molecular flexibility index (Phi) is 5.64. The molecule has 0 saturated carbocycles. The summed E-state index contributed by atoms with van der Waals surface area (Å²) in [7, 11) is 0. The number of fused-ring (bicyclic) bond motifs is 1. The molecule has 2 aromatic carbocycles. The van der Waals surface area contributed by atoms with Gasteiger partial charge in [-0.1, -0.05) is 12.1 Å². The van der Waals surface area contributed by atoms with Crippen LogP contribution in [0.25, 0.3) is 10.9 Å². The zero-order valence-corrected chi connectivity index (χ0v) is 14.9. The molecule has 2 N–H and O–H groups in total. The Hall–Kier alpha value is -3.75. The summed E-state index contributed by atoms with van der Waals surface area (Å²) in [6.07, 6.45) is 1.29. The minimum absolute atomic E-state index is 0.311. The Morgan fingerprint density at radius 1 is 1.11 bits per heavy atom. The van der Waals surface area contributed by atoms with Gasteiger partial charge < -0.3 is 4.74 Å². The normalized spacial score (nSPS) is 10.5. The summed E-state index contributed by atoms with van der Waals surface area (Å²) < 4.78 is 19.1. The van der Waals surface area contributed by atoms with Crippen LogP contribution >= 0.6 is 0 Å². The predicted octanol–water partition coefficient (Wildman–Crippen LogP) is 1.07. The molecule has 28 heavy (non-hydrogen) atoms. The zero-order chi connectivity index (χ0) is 20.1. The first-order valence-corrected chi connectivity index (χ1v) is 8.35. The van der Waals surface area contributed by atoms with Crippen molar-refractivity contribution in [2.45, 2.75) is 13.5 Å². The molecular formula is C19H17FN4O4. The van der Waals surface area contributed by atoms with Crippen LogP contribution < -0.4 is 21.1 Å². The van der Waals surface area contributed by atoms with Gasteiger partial charge in [-0.2, -0.15) is 0 Å². The monoisotopic (exact) mass is 384 g/mol. The molecule has 0 spiro atoms. The molecule has 3 rings (SSSR count). The average molecular weight is 384 g/mol. The maximum atomic E-state index is 12.8. The molecule has 0 aliphatic rings. The average Bonchev–Trinajstić information content (AvgIpc) is 2.68. The molecule has 0 saturated heterocycles. The van der Waals surface area contributed by atoms with E-state index >= 15 is 0 Å². The summed E-state index contributed by atoms with van der Waals surface area (Å²) in [5.74, 6) is -1.33. The topological polar surface area (TPSA) is 102 Å². The van der Waals surface area contributed by atoms with Gasteiger partial charge >= 0.3 is 0 Å². The Morgan fingerprint density at radius 3 is 2.57 bits per heavy atom. The zero-order valence-electron chi connectivity index (χ0n) is 14.9. The lowest BCUT2D eigenvalue weighted by Gasteiger charge is -2.10. The van der Waals surface area contributed by atoms with E-state index in [-0.39, 0.29) is 18.7 Å². The number of rotatable bonds is 5. The number of aromatic nitrogens is 2. The molecule has 0 aliphatic heterocycles. The first-order chi connectivity index (χ1) is 13.4. The molecule has 2 amide bonds. The van der Waals surface area contributed by atoms with Crippen LogP contribution in [0.4, 0.5) is 4.39 Å². The molecule has 0 atom stereocenters. The van der Waals surface area contributed by atoms with Crippen molar-refractivity contribution >= 4 is 22.7 Å². The quantitative estimate of drug-likeness (QED) is 0.641. The molecule has 9 heteroatoms. The highest BCUT2D eigenvalue weighted by molar-refractivity contribution is 5.83. The SMILES string of the molecule is Cc1cccc2c(=O)n(CC(=O)NNC(=O)COc3ccc(F)cc3)cnc12. The number of aryl methyl sites for hydroxylation is 1. The fourth-order valence-corrected chi connectivity index (χ4v) is 2.50. The Morgan fingerprint density at radius 2 is 1.82 bits per heavy atom. The second-order valence-corrected chi connectivity index (χ2v) is 5.99. The highest BCUT2D eigenvalue weighted by Gasteiger charge is 2.10. The molecule has 3 aromatic rings. The minimum Gasteiger partial charge on any atom is -0.484 e. The summed E-state index contributed by atoms with van der Waals surface area (Å²) in [5, 5.41) is 0.409.